The largest absolute Gasteiger partial charge is 0.343 e. The molecule has 6 nitrogen and oxygen atoms in total. The Morgan fingerprint density at radius 3 is 2.59 bits per heavy atom. The third-order valence-corrected chi connectivity index (χ3v) is 7.08. The lowest BCUT2D eigenvalue weighted by Gasteiger charge is -2.19. The van der Waals surface area contributed by atoms with Crippen molar-refractivity contribution in [3.8, 4) is 6.07 Å². The van der Waals surface area contributed by atoms with Crippen molar-refractivity contribution in [1.82, 2.24) is 14.9 Å². The molecule has 1 atom stereocenters. The highest BCUT2D eigenvalue weighted by atomic mass is 32.1. The molecule has 0 fully saturated rings. The van der Waals surface area contributed by atoms with Crippen LogP contribution < -0.4 is 5.32 Å². The Kier molecular flexibility index (Phi) is 9.00. The third-order valence-electron chi connectivity index (χ3n) is 6.20. The van der Waals surface area contributed by atoms with Gasteiger partial charge in [-0.15, -0.1) is 11.3 Å². The number of hydrogen-bond donors (Lipinski definition) is 1. The number of nitriles is 1. The van der Waals surface area contributed by atoms with E-state index in [0.29, 0.717) is 18.0 Å². The van der Waals surface area contributed by atoms with Crippen LogP contribution in [0.4, 0.5) is 0 Å². The quantitative estimate of drug-likeness (QED) is 0.258. The second-order valence-corrected chi connectivity index (χ2v) is 10.2. The first-order valence-corrected chi connectivity index (χ1v) is 13.0. The summed E-state index contributed by atoms with van der Waals surface area (Å²) in [5.41, 5.74) is 2.44. The fourth-order valence-corrected chi connectivity index (χ4v) is 5.24. The molecule has 180 valence electrons. The molecule has 3 rings (SSSR count). The van der Waals surface area contributed by atoms with E-state index in [-0.39, 0.29) is 30.6 Å². The number of Topliss-reactive ketones (excluding diaryl/α,β-unsaturated/α-hetero) is 1. The molecule has 0 radical (unpaired) electrons. The Morgan fingerprint density at radius 1 is 1.21 bits per heavy atom. The van der Waals surface area contributed by atoms with Gasteiger partial charge in [0.15, 0.2) is 5.78 Å². The number of carbonyl (C=O) groups excluding carboxylic acids is 2. The standard InChI is InChI=1S/C27H34N4O2S/c1-5-21(6-2)31-24-10-9-19(15-23(24)30-26(31)17-22-8-7-13-34-22)25(32)16-20(14-18(3)4)27(33)29-12-11-28/h7-10,13,15,18,20-21H,5-6,12,14,16-17H2,1-4H3,(H,29,33)/t20-/m1/s1. The van der Waals surface area contributed by atoms with Crippen LogP contribution in [0.1, 0.15) is 80.5 Å². The molecule has 0 saturated heterocycles. The summed E-state index contributed by atoms with van der Waals surface area (Å²) in [7, 11) is 0. The fraction of sp³-hybridized carbons (Fsp3) is 0.481. The van der Waals surface area contributed by atoms with Gasteiger partial charge in [-0.25, -0.2) is 4.98 Å². The van der Waals surface area contributed by atoms with Gasteiger partial charge in [0.2, 0.25) is 5.91 Å². The van der Waals surface area contributed by atoms with Crippen LogP contribution in [-0.4, -0.2) is 27.8 Å². The highest BCUT2D eigenvalue weighted by Crippen LogP contribution is 2.29. The van der Waals surface area contributed by atoms with E-state index in [9.17, 15) is 9.59 Å². The van der Waals surface area contributed by atoms with Crippen molar-refractivity contribution in [2.75, 3.05) is 6.54 Å². The second kappa shape index (κ2) is 11.9. The highest BCUT2D eigenvalue weighted by molar-refractivity contribution is 7.09. The van der Waals surface area contributed by atoms with Crippen LogP contribution in [0.25, 0.3) is 11.0 Å². The molecule has 1 aromatic carbocycles. The van der Waals surface area contributed by atoms with Gasteiger partial charge in [0, 0.05) is 35.2 Å². The number of ketones is 1. The number of imidazole rings is 1. The summed E-state index contributed by atoms with van der Waals surface area (Å²) in [4.78, 5) is 31.9. The van der Waals surface area contributed by atoms with Crippen molar-refractivity contribution < 1.29 is 9.59 Å². The first-order chi connectivity index (χ1) is 16.4. The highest BCUT2D eigenvalue weighted by Gasteiger charge is 2.24. The van der Waals surface area contributed by atoms with E-state index < -0.39 is 5.92 Å². The Morgan fingerprint density at radius 2 is 1.97 bits per heavy atom. The molecule has 2 heterocycles. The molecule has 0 aliphatic rings. The Balaban J connectivity index is 1.92. The van der Waals surface area contributed by atoms with E-state index in [1.54, 1.807) is 11.3 Å². The van der Waals surface area contributed by atoms with E-state index in [4.69, 9.17) is 10.2 Å². The minimum Gasteiger partial charge on any atom is -0.343 e. The van der Waals surface area contributed by atoms with Crippen molar-refractivity contribution in [2.24, 2.45) is 11.8 Å². The number of nitrogens with one attached hydrogen (secondary N) is 1. The van der Waals surface area contributed by atoms with Crippen molar-refractivity contribution in [2.45, 2.75) is 65.8 Å². The summed E-state index contributed by atoms with van der Waals surface area (Å²) in [6.45, 7) is 8.40. The predicted octanol–water partition coefficient (Wildman–Crippen LogP) is 5.92. The van der Waals surface area contributed by atoms with Crippen molar-refractivity contribution in [3.63, 3.8) is 0 Å². The molecule has 0 unspecified atom stereocenters. The maximum atomic E-state index is 13.2. The van der Waals surface area contributed by atoms with Crippen LogP contribution in [0.2, 0.25) is 0 Å². The van der Waals surface area contributed by atoms with E-state index in [0.717, 1.165) is 36.1 Å². The average Bonchev–Trinajstić information content (AvgIpc) is 3.45. The number of benzene rings is 1. The molecule has 2 aromatic heterocycles. The lowest BCUT2D eigenvalue weighted by atomic mass is 9.89. The number of nitrogens with zero attached hydrogens (tertiary/aromatic N) is 3. The molecule has 1 amide bonds. The third kappa shape index (κ3) is 6.12. The van der Waals surface area contributed by atoms with Crippen LogP contribution in [-0.2, 0) is 11.2 Å². The van der Waals surface area contributed by atoms with E-state index in [1.807, 2.05) is 38.1 Å². The molecule has 3 aromatic rings. The summed E-state index contributed by atoms with van der Waals surface area (Å²) >= 11 is 1.73. The normalized spacial score (nSPS) is 12.3. The second-order valence-electron chi connectivity index (χ2n) is 9.16. The van der Waals surface area contributed by atoms with Crippen LogP contribution in [0.15, 0.2) is 35.7 Å². The summed E-state index contributed by atoms with van der Waals surface area (Å²) in [5.74, 6) is 0.526. The van der Waals surface area contributed by atoms with Crippen molar-refractivity contribution >= 4 is 34.1 Å². The number of rotatable bonds is 12. The fourth-order valence-electron chi connectivity index (χ4n) is 4.54. The lowest BCUT2D eigenvalue weighted by Crippen LogP contribution is -2.33. The molecule has 0 aliphatic heterocycles. The first-order valence-electron chi connectivity index (χ1n) is 12.1. The molecule has 0 saturated carbocycles. The zero-order valence-corrected chi connectivity index (χ0v) is 21.3. The Labute approximate surface area is 206 Å². The first kappa shape index (κ1) is 25.6. The van der Waals surface area contributed by atoms with Gasteiger partial charge in [-0.2, -0.15) is 5.26 Å². The average molecular weight is 479 g/mol. The van der Waals surface area contributed by atoms with Crippen LogP contribution in [0, 0.1) is 23.2 Å². The number of aromatic nitrogens is 2. The summed E-state index contributed by atoms with van der Waals surface area (Å²) in [6, 6.07) is 12.2. The zero-order valence-electron chi connectivity index (χ0n) is 20.5. The molecular formula is C27H34N4O2S. The summed E-state index contributed by atoms with van der Waals surface area (Å²) < 4.78 is 2.33. The van der Waals surface area contributed by atoms with Gasteiger partial charge in [0.25, 0.3) is 0 Å². The van der Waals surface area contributed by atoms with Crippen molar-refractivity contribution in [3.05, 3.63) is 52.0 Å². The molecule has 34 heavy (non-hydrogen) atoms. The summed E-state index contributed by atoms with van der Waals surface area (Å²) in [6.07, 6.45) is 3.50. The van der Waals surface area contributed by atoms with E-state index >= 15 is 0 Å². The van der Waals surface area contributed by atoms with Gasteiger partial charge in [-0.05, 0) is 54.8 Å². The van der Waals surface area contributed by atoms with Crippen LogP contribution >= 0.6 is 11.3 Å². The molecule has 0 aliphatic carbocycles. The number of carbonyl (C=O) groups is 2. The summed E-state index contributed by atoms with van der Waals surface area (Å²) in [5, 5.41) is 13.5. The maximum Gasteiger partial charge on any atom is 0.224 e. The van der Waals surface area contributed by atoms with Gasteiger partial charge >= 0.3 is 0 Å². The van der Waals surface area contributed by atoms with E-state index in [2.05, 4.69) is 41.2 Å². The molecule has 0 bridgehead atoms. The van der Waals surface area contributed by atoms with Gasteiger partial charge in [0.1, 0.15) is 12.4 Å². The van der Waals surface area contributed by atoms with Gasteiger partial charge < -0.3 is 9.88 Å². The monoisotopic (exact) mass is 478 g/mol. The molecule has 0 spiro atoms. The van der Waals surface area contributed by atoms with Gasteiger partial charge in [0.05, 0.1) is 17.1 Å². The van der Waals surface area contributed by atoms with Crippen LogP contribution in [0.5, 0.6) is 0 Å². The maximum absolute atomic E-state index is 13.2. The van der Waals surface area contributed by atoms with Crippen molar-refractivity contribution in [1.29, 1.82) is 5.26 Å². The van der Waals surface area contributed by atoms with Gasteiger partial charge in [-0.3, -0.25) is 9.59 Å². The number of thiophene rings is 1. The van der Waals surface area contributed by atoms with Gasteiger partial charge in [-0.1, -0.05) is 33.8 Å². The molecule has 7 heteroatoms. The number of hydrogen-bond acceptors (Lipinski definition) is 5. The van der Waals surface area contributed by atoms with Crippen LogP contribution in [0.3, 0.4) is 0 Å². The van der Waals surface area contributed by atoms with E-state index in [1.165, 1.54) is 4.88 Å². The zero-order chi connectivity index (χ0) is 24.7. The SMILES string of the molecule is CCC(CC)n1c(Cc2cccs2)nc2cc(C(=O)C[C@@H](CC(C)C)C(=O)NCC#N)ccc21. The molecular weight excluding hydrogens is 444 g/mol. The lowest BCUT2D eigenvalue weighted by molar-refractivity contribution is -0.125. The minimum absolute atomic E-state index is 0.0476. The number of amides is 1. The minimum atomic E-state index is -0.451. The molecule has 1 N–H and O–H groups in total. The number of fused-ring (bicyclic) bond motifs is 1. The Hall–Kier alpha value is -2.98. The smallest absolute Gasteiger partial charge is 0.224 e. The predicted molar refractivity (Wildman–Crippen MR) is 137 cm³/mol. The topological polar surface area (TPSA) is 87.8 Å². The Bertz CT molecular complexity index is 1150.